The first-order valence-corrected chi connectivity index (χ1v) is 5.99. The lowest BCUT2D eigenvalue weighted by Gasteiger charge is -2.04. The molecule has 0 radical (unpaired) electrons. The largest absolute Gasteiger partial charge is 0.381 e. The Hall–Kier alpha value is -0.300. The summed E-state index contributed by atoms with van der Waals surface area (Å²) in [7, 11) is 1.77. The summed E-state index contributed by atoms with van der Waals surface area (Å²) in [6.45, 7) is 4.36. The van der Waals surface area contributed by atoms with E-state index in [1.54, 1.807) is 7.11 Å². The second-order valence-electron chi connectivity index (χ2n) is 3.96. The third-order valence-electron chi connectivity index (χ3n) is 2.51. The van der Waals surface area contributed by atoms with Crippen LogP contribution in [0.3, 0.4) is 0 Å². The average Bonchev–Trinajstić information content (AvgIpc) is 2.21. The zero-order chi connectivity index (χ0) is 10.6. The van der Waals surface area contributed by atoms with Crippen molar-refractivity contribution in [2.75, 3.05) is 7.11 Å². The van der Waals surface area contributed by atoms with Gasteiger partial charge in [0.1, 0.15) is 0 Å². The van der Waals surface area contributed by atoms with E-state index in [0.717, 1.165) is 6.42 Å². The molecule has 0 aliphatic carbocycles. The normalized spacial score (nSPS) is 13.6. The van der Waals surface area contributed by atoms with Crippen LogP contribution in [0.15, 0.2) is 12.2 Å². The highest BCUT2D eigenvalue weighted by atomic mass is 16.5. The van der Waals surface area contributed by atoms with Gasteiger partial charge in [0.2, 0.25) is 0 Å². The number of hydrogen-bond donors (Lipinski definition) is 0. The molecule has 0 heterocycles. The predicted molar refractivity (Wildman–Crippen MR) is 63.6 cm³/mol. The van der Waals surface area contributed by atoms with Crippen LogP contribution in [0.1, 0.15) is 58.8 Å². The van der Waals surface area contributed by atoms with Crippen molar-refractivity contribution in [1.29, 1.82) is 0 Å². The summed E-state index contributed by atoms with van der Waals surface area (Å²) in [6, 6.07) is 0. The van der Waals surface area contributed by atoms with Crippen LogP contribution in [0, 0.1) is 0 Å². The molecular weight excluding hydrogens is 172 g/mol. The lowest BCUT2D eigenvalue weighted by Crippen LogP contribution is -2.01. The molecule has 0 aliphatic heterocycles. The van der Waals surface area contributed by atoms with Gasteiger partial charge in [-0.25, -0.2) is 0 Å². The van der Waals surface area contributed by atoms with Crippen molar-refractivity contribution in [1.82, 2.24) is 0 Å². The molecule has 0 aromatic heterocycles. The third-order valence-corrected chi connectivity index (χ3v) is 2.51. The lowest BCUT2D eigenvalue weighted by atomic mass is 10.1. The van der Waals surface area contributed by atoms with Crippen molar-refractivity contribution in [3.63, 3.8) is 0 Å². The summed E-state index contributed by atoms with van der Waals surface area (Å²) < 4.78 is 5.16. The highest BCUT2D eigenvalue weighted by molar-refractivity contribution is 4.83. The van der Waals surface area contributed by atoms with Gasteiger partial charge in [-0.15, -0.1) is 0 Å². The molecule has 0 aliphatic rings. The van der Waals surface area contributed by atoms with Crippen molar-refractivity contribution in [2.24, 2.45) is 0 Å². The van der Waals surface area contributed by atoms with Crippen LogP contribution < -0.4 is 0 Å². The molecule has 14 heavy (non-hydrogen) atoms. The molecule has 0 N–H and O–H groups in total. The van der Waals surface area contributed by atoms with E-state index >= 15 is 0 Å². The molecule has 0 saturated carbocycles. The maximum atomic E-state index is 5.16. The van der Waals surface area contributed by atoms with E-state index in [1.807, 2.05) is 0 Å². The molecule has 1 heteroatoms. The first-order valence-electron chi connectivity index (χ1n) is 5.99. The van der Waals surface area contributed by atoms with Crippen LogP contribution in [0.25, 0.3) is 0 Å². The second-order valence-corrected chi connectivity index (χ2v) is 3.96. The Morgan fingerprint density at radius 1 is 1.07 bits per heavy atom. The second kappa shape index (κ2) is 10.8. The van der Waals surface area contributed by atoms with Gasteiger partial charge < -0.3 is 4.74 Å². The molecule has 0 rings (SSSR count). The highest BCUT2D eigenvalue weighted by Crippen LogP contribution is 2.06. The van der Waals surface area contributed by atoms with Gasteiger partial charge >= 0.3 is 0 Å². The Bertz CT molecular complexity index is 129. The molecule has 1 atom stereocenters. The first kappa shape index (κ1) is 13.7. The Labute approximate surface area is 89.5 Å². The number of methoxy groups -OCH3 is 1. The molecule has 0 spiro atoms. The number of unbranched alkanes of at least 4 members (excludes halogenated alkanes) is 5. The van der Waals surface area contributed by atoms with Crippen molar-refractivity contribution >= 4 is 0 Å². The predicted octanol–water partition coefficient (Wildman–Crippen LogP) is 4.33. The molecule has 0 aromatic rings. The van der Waals surface area contributed by atoms with Gasteiger partial charge in [-0.2, -0.15) is 0 Å². The molecule has 84 valence electrons. The molecule has 0 aromatic carbocycles. The SMILES string of the molecule is CCCCCCCC=CCC(C)OC. The smallest absolute Gasteiger partial charge is 0.0577 e. The van der Waals surface area contributed by atoms with E-state index in [4.69, 9.17) is 4.74 Å². The van der Waals surface area contributed by atoms with Crippen molar-refractivity contribution in [3.05, 3.63) is 12.2 Å². The van der Waals surface area contributed by atoms with Gasteiger partial charge in [-0.1, -0.05) is 44.8 Å². The highest BCUT2D eigenvalue weighted by Gasteiger charge is 1.93. The van der Waals surface area contributed by atoms with Gasteiger partial charge in [0, 0.05) is 7.11 Å². The van der Waals surface area contributed by atoms with E-state index in [9.17, 15) is 0 Å². The summed E-state index contributed by atoms with van der Waals surface area (Å²) in [5, 5.41) is 0. The van der Waals surface area contributed by atoms with E-state index in [2.05, 4.69) is 26.0 Å². The molecule has 0 saturated heterocycles. The molecule has 0 fully saturated rings. The maximum Gasteiger partial charge on any atom is 0.0577 e. The fourth-order valence-corrected chi connectivity index (χ4v) is 1.37. The molecular formula is C13H26O. The zero-order valence-corrected chi connectivity index (χ0v) is 10.1. The van der Waals surface area contributed by atoms with Gasteiger partial charge in [0.05, 0.1) is 6.10 Å². The minimum atomic E-state index is 0.367. The van der Waals surface area contributed by atoms with E-state index < -0.39 is 0 Å². The summed E-state index contributed by atoms with van der Waals surface area (Å²) in [4.78, 5) is 0. The molecule has 0 bridgehead atoms. The average molecular weight is 198 g/mol. The molecule has 1 unspecified atom stereocenters. The van der Waals surface area contributed by atoms with Crippen LogP contribution in [0.4, 0.5) is 0 Å². The fraction of sp³-hybridized carbons (Fsp3) is 0.846. The van der Waals surface area contributed by atoms with Crippen LogP contribution in [0.2, 0.25) is 0 Å². The van der Waals surface area contributed by atoms with Gasteiger partial charge in [0.15, 0.2) is 0 Å². The minimum Gasteiger partial charge on any atom is -0.381 e. The Balaban J connectivity index is 3.10. The van der Waals surface area contributed by atoms with Gasteiger partial charge in [-0.05, 0) is 26.2 Å². The van der Waals surface area contributed by atoms with E-state index in [0.29, 0.717) is 6.10 Å². The summed E-state index contributed by atoms with van der Waals surface area (Å²) in [6.07, 6.45) is 14.0. The number of allylic oxidation sites excluding steroid dienone is 1. The Morgan fingerprint density at radius 2 is 1.79 bits per heavy atom. The van der Waals surface area contributed by atoms with Crippen LogP contribution in [0.5, 0.6) is 0 Å². The van der Waals surface area contributed by atoms with Gasteiger partial charge in [0.25, 0.3) is 0 Å². The van der Waals surface area contributed by atoms with Crippen molar-refractivity contribution in [2.45, 2.75) is 64.9 Å². The maximum absolute atomic E-state index is 5.16. The number of ether oxygens (including phenoxy) is 1. The van der Waals surface area contributed by atoms with E-state index in [1.165, 1.54) is 38.5 Å². The molecule has 1 nitrogen and oxygen atoms in total. The fourth-order valence-electron chi connectivity index (χ4n) is 1.37. The Kier molecular flexibility index (Phi) is 10.5. The number of hydrogen-bond acceptors (Lipinski definition) is 1. The lowest BCUT2D eigenvalue weighted by molar-refractivity contribution is 0.121. The van der Waals surface area contributed by atoms with E-state index in [-0.39, 0.29) is 0 Å². The summed E-state index contributed by atoms with van der Waals surface area (Å²) in [5.41, 5.74) is 0. The van der Waals surface area contributed by atoms with Crippen LogP contribution in [-0.2, 0) is 4.74 Å². The Morgan fingerprint density at radius 3 is 2.43 bits per heavy atom. The summed E-state index contributed by atoms with van der Waals surface area (Å²) >= 11 is 0. The van der Waals surface area contributed by atoms with Crippen LogP contribution in [-0.4, -0.2) is 13.2 Å². The summed E-state index contributed by atoms with van der Waals surface area (Å²) in [5.74, 6) is 0. The quantitative estimate of drug-likeness (QED) is 0.396. The molecule has 0 amide bonds. The third kappa shape index (κ3) is 9.79. The zero-order valence-electron chi connectivity index (χ0n) is 10.1. The van der Waals surface area contributed by atoms with Crippen molar-refractivity contribution < 1.29 is 4.74 Å². The van der Waals surface area contributed by atoms with Gasteiger partial charge in [-0.3, -0.25) is 0 Å². The number of rotatable bonds is 9. The topological polar surface area (TPSA) is 9.23 Å². The monoisotopic (exact) mass is 198 g/mol. The minimum absolute atomic E-state index is 0.367. The van der Waals surface area contributed by atoms with Crippen LogP contribution >= 0.6 is 0 Å². The standard InChI is InChI=1S/C13H26O/c1-4-5-6-7-8-9-10-11-12-13(2)14-3/h10-11,13H,4-9,12H2,1-3H3. The first-order chi connectivity index (χ1) is 6.81. The van der Waals surface area contributed by atoms with Crippen molar-refractivity contribution in [3.8, 4) is 0 Å².